The Labute approximate surface area is 611 Å². The van der Waals surface area contributed by atoms with Gasteiger partial charge >= 0.3 is 23.9 Å². The third-order valence-corrected chi connectivity index (χ3v) is 32.2. The zero-order valence-electron chi connectivity index (χ0n) is 63.9. The van der Waals surface area contributed by atoms with E-state index in [2.05, 4.69) is 96.2 Å². The van der Waals surface area contributed by atoms with Gasteiger partial charge in [-0.15, -0.1) is 12.4 Å². The Balaban J connectivity index is 0.000000207. The van der Waals surface area contributed by atoms with Crippen molar-refractivity contribution in [2.75, 3.05) is 19.8 Å². The first-order chi connectivity index (χ1) is 47.1. The molecule has 1 heterocycles. The zero-order valence-corrected chi connectivity index (χ0v) is 64.7. The second-order valence-electron chi connectivity index (χ2n) is 37.2. The summed E-state index contributed by atoms with van der Waals surface area (Å²) in [5, 5.41) is 30.2. The van der Waals surface area contributed by atoms with Crippen LogP contribution in [0.25, 0.3) is 12.2 Å². The number of phenolic OH excluding ortho intramolecular Hbond substituents is 2. The van der Waals surface area contributed by atoms with Crippen LogP contribution in [0.3, 0.4) is 0 Å². The maximum atomic E-state index is 13.4. The SMILES string of the molecule is C=C(C)[C@@H]1CC[C@]2(CO)CC[C@]3(C)[C@H](CC[C@@H]4[C@@]5(C)CC[C@H](OC(=O)/C=C/c6ccc(O)c(O)c6)C(C)(C)[C@@H]5CC[C@]43C)[C@@H]12.C=C(C)[C@@H]1CC[C@]2(COC3CCCCO3)CC[C@]3(C)[C@H](CC[C@@H]4[C@@]5(C)CC[C@H](OC(=O)/C=C/c6ccc(OC(C)=O)c(OC(C)=O)c6)C(C)(C)[C@@H]5CC[C@]43C)[C@@H]12.Cl. The summed E-state index contributed by atoms with van der Waals surface area (Å²) in [6.07, 6.45) is 32.5. The molecule has 13 nitrogen and oxygen atoms in total. The molecule has 0 aromatic heterocycles. The molecular weight excluding hydrogens is 1290 g/mol. The number of esters is 4. The van der Waals surface area contributed by atoms with Crippen LogP contribution in [0, 0.1) is 113 Å². The van der Waals surface area contributed by atoms with Crippen molar-refractivity contribution in [1.82, 2.24) is 0 Å². The van der Waals surface area contributed by atoms with Crippen molar-refractivity contribution in [1.29, 1.82) is 0 Å². The minimum absolute atomic E-state index is 0. The summed E-state index contributed by atoms with van der Waals surface area (Å²) in [4.78, 5) is 49.7. The Morgan fingerprint density at radius 2 is 0.980 bits per heavy atom. The minimum Gasteiger partial charge on any atom is -0.504 e. The number of allylic oxidation sites excluding steroid dienone is 2. The minimum atomic E-state index is -0.535. The molecule has 11 aliphatic rings. The van der Waals surface area contributed by atoms with Gasteiger partial charge in [-0.2, -0.15) is 0 Å². The summed E-state index contributed by atoms with van der Waals surface area (Å²) in [7, 11) is 0. The predicted octanol–water partition coefficient (Wildman–Crippen LogP) is 19.8. The Hall–Kier alpha value is -4.95. The lowest BCUT2D eigenvalue weighted by Crippen LogP contribution is -2.67. The molecule has 1 aliphatic heterocycles. The summed E-state index contributed by atoms with van der Waals surface area (Å²) >= 11 is 0. The van der Waals surface area contributed by atoms with E-state index in [-0.39, 0.29) is 120 Å². The van der Waals surface area contributed by atoms with Crippen LogP contribution in [0.15, 0.2) is 72.9 Å². The van der Waals surface area contributed by atoms with Gasteiger partial charge in [-0.1, -0.05) is 106 Å². The summed E-state index contributed by atoms with van der Waals surface area (Å²) in [5.41, 5.74) is 5.29. The van der Waals surface area contributed by atoms with E-state index in [4.69, 9.17) is 28.4 Å². The number of halogens is 1. The number of hydrogen-bond donors (Lipinski definition) is 3. The number of rotatable bonds is 14. The van der Waals surface area contributed by atoms with Crippen LogP contribution in [0.4, 0.5) is 0 Å². The largest absolute Gasteiger partial charge is 0.504 e. The molecule has 0 bridgehead atoms. The maximum absolute atomic E-state index is 13.4. The van der Waals surface area contributed by atoms with E-state index in [1.807, 2.05) is 0 Å². The van der Waals surface area contributed by atoms with E-state index in [0.29, 0.717) is 76.9 Å². The fourth-order valence-corrected chi connectivity index (χ4v) is 27.0. The molecule has 21 atom stereocenters. The van der Waals surface area contributed by atoms with Crippen LogP contribution in [-0.4, -0.2) is 77.5 Å². The van der Waals surface area contributed by atoms with Gasteiger partial charge in [0.1, 0.15) is 12.2 Å². The second kappa shape index (κ2) is 28.4. The number of hydrogen-bond acceptors (Lipinski definition) is 13. The van der Waals surface area contributed by atoms with E-state index in [1.165, 1.54) is 133 Å². The van der Waals surface area contributed by atoms with Crippen LogP contribution >= 0.6 is 12.4 Å². The quantitative estimate of drug-likeness (QED) is 0.0534. The zero-order chi connectivity index (χ0) is 72.1. The highest BCUT2D eigenvalue weighted by Crippen LogP contribution is 2.80. The molecule has 3 N–H and O–H groups in total. The van der Waals surface area contributed by atoms with Crippen molar-refractivity contribution < 1.29 is 62.9 Å². The van der Waals surface area contributed by atoms with Gasteiger partial charge in [0.05, 0.1) is 6.61 Å². The van der Waals surface area contributed by atoms with Crippen molar-refractivity contribution in [3.8, 4) is 23.0 Å². The monoisotopic (exact) mass is 1410 g/mol. The van der Waals surface area contributed by atoms with Crippen molar-refractivity contribution in [3.05, 3.63) is 84.0 Å². The standard InChI is InChI=1S/C48H68O8.C39H56O5.ClH/c1-30(2)34-19-24-48(29-53-42-12-10-11-27-52-42)26-25-46(8)35(43(34)48)15-17-39-45(7)22-21-40(44(5,6)38(45)20-23-47(39,46)9)56-41(51)18-14-33-13-16-36(54-31(3)49)37(28-33)55-32(4)50;1-24(2)26-14-19-39(23-40)21-20-37(6)27(34(26)39)10-12-31-36(5)17-16-32(35(3,4)30(36)15-18-38(31,37)7)44-33(43)13-9-25-8-11-28(41)29(42)22-25;/h13-14,16,18,28,34-35,38-40,42-43H,1,10-12,15,17,19-27,29H2,2-9H3;8-9,11,13,22,26-27,30-32,34,40-42H,1,10,12,14-21,23H2,2-7H3;1H/b18-14+;13-9+;/t34-,35+,38-,39+,40-,42?,43+,45-,46+,47+,48+;26-,27+,30-,31+,32-,34+,36-,37+,38+,39+;/m00./s1. The number of carbonyl (C=O) groups is 4. The van der Waals surface area contributed by atoms with Crippen LogP contribution in [0.1, 0.15) is 256 Å². The molecule has 101 heavy (non-hydrogen) atoms. The second-order valence-corrected chi connectivity index (χ2v) is 37.2. The molecule has 10 saturated carbocycles. The molecular formula is C87H125ClO13. The molecule has 1 saturated heterocycles. The van der Waals surface area contributed by atoms with Crippen LogP contribution in [0.2, 0.25) is 0 Å². The fraction of sp³-hybridized carbons (Fsp3) is 0.724. The Bertz CT molecular complexity index is 3530. The highest BCUT2D eigenvalue weighted by molar-refractivity contribution is 5.88. The van der Waals surface area contributed by atoms with Gasteiger partial charge in [0, 0.05) is 50.0 Å². The van der Waals surface area contributed by atoms with Gasteiger partial charge in [0.2, 0.25) is 0 Å². The van der Waals surface area contributed by atoms with E-state index < -0.39 is 11.9 Å². The van der Waals surface area contributed by atoms with E-state index in [9.17, 15) is 34.5 Å². The molecule has 0 radical (unpaired) electrons. The number of benzene rings is 2. The molecule has 13 rings (SSSR count). The Morgan fingerprint density at radius 1 is 0.505 bits per heavy atom. The number of carbonyl (C=O) groups excluding carboxylic acids is 4. The lowest BCUT2D eigenvalue weighted by atomic mass is 9.32. The van der Waals surface area contributed by atoms with Crippen LogP contribution in [-0.2, 0) is 38.1 Å². The third kappa shape index (κ3) is 13.2. The molecule has 0 amide bonds. The maximum Gasteiger partial charge on any atom is 0.331 e. The highest BCUT2D eigenvalue weighted by atomic mass is 35.5. The molecule has 10 aliphatic carbocycles. The molecule has 2 aromatic rings. The van der Waals surface area contributed by atoms with Crippen LogP contribution in [0.5, 0.6) is 23.0 Å². The lowest BCUT2D eigenvalue weighted by Gasteiger charge is -2.73. The molecule has 558 valence electrons. The van der Waals surface area contributed by atoms with Gasteiger partial charge in [-0.25, -0.2) is 9.59 Å². The molecule has 0 spiro atoms. The summed E-state index contributed by atoms with van der Waals surface area (Å²) in [6.45, 7) is 43.3. The number of aliphatic hydroxyl groups excluding tert-OH is 1. The summed E-state index contributed by atoms with van der Waals surface area (Å²) < 4.78 is 35.7. The average molecular weight is 1410 g/mol. The smallest absolute Gasteiger partial charge is 0.331 e. The van der Waals surface area contributed by atoms with E-state index >= 15 is 0 Å². The average Bonchev–Trinajstić information content (AvgIpc) is 1.61. The number of aromatic hydroxyl groups is 2. The molecule has 2 aromatic carbocycles. The first-order valence-corrected chi connectivity index (χ1v) is 39.0. The first kappa shape index (κ1) is 77.2. The molecule has 14 heteroatoms. The Morgan fingerprint density at radius 3 is 1.46 bits per heavy atom. The van der Waals surface area contributed by atoms with E-state index in [0.717, 1.165) is 77.4 Å². The topological polar surface area (TPSA) is 184 Å². The number of ether oxygens (including phenoxy) is 6. The number of fused-ring (bicyclic) bond motifs is 14. The van der Waals surface area contributed by atoms with Crippen molar-refractivity contribution in [3.63, 3.8) is 0 Å². The van der Waals surface area contributed by atoms with Crippen molar-refractivity contribution in [2.45, 2.75) is 263 Å². The Kier molecular flexibility index (Phi) is 21.7. The third-order valence-electron chi connectivity index (χ3n) is 32.2. The van der Waals surface area contributed by atoms with Gasteiger partial charge in [0.25, 0.3) is 0 Å². The number of aliphatic hydroxyl groups is 1. The van der Waals surface area contributed by atoms with Gasteiger partial charge < -0.3 is 43.7 Å². The van der Waals surface area contributed by atoms with Crippen molar-refractivity contribution in [2.24, 2.45) is 113 Å². The van der Waals surface area contributed by atoms with Gasteiger partial charge in [-0.05, 0) is 312 Å². The predicted molar refractivity (Wildman–Crippen MR) is 398 cm³/mol. The fourth-order valence-electron chi connectivity index (χ4n) is 27.0. The van der Waals surface area contributed by atoms with Crippen molar-refractivity contribution >= 4 is 48.4 Å². The number of phenols is 2. The lowest BCUT2D eigenvalue weighted by molar-refractivity contribution is -0.257. The first-order valence-electron chi connectivity index (χ1n) is 39.0. The van der Waals surface area contributed by atoms with Gasteiger partial charge in [-0.3, -0.25) is 9.59 Å². The van der Waals surface area contributed by atoms with Crippen LogP contribution < -0.4 is 9.47 Å². The molecule has 1 unspecified atom stereocenters. The highest BCUT2D eigenvalue weighted by Gasteiger charge is 2.73. The normalized spacial score (nSPS) is 41.5. The van der Waals surface area contributed by atoms with E-state index in [1.54, 1.807) is 36.4 Å². The molecule has 11 fully saturated rings. The summed E-state index contributed by atoms with van der Waals surface area (Å²) in [5.74, 6) is 3.85. The van der Waals surface area contributed by atoms with Gasteiger partial charge in [0.15, 0.2) is 29.3 Å². The summed E-state index contributed by atoms with van der Waals surface area (Å²) in [6, 6.07) is 9.34.